The third-order valence-corrected chi connectivity index (χ3v) is 14.3. The van der Waals surface area contributed by atoms with Crippen LogP contribution in [0.1, 0.15) is 96.1 Å². The summed E-state index contributed by atoms with van der Waals surface area (Å²) < 4.78 is 60.0. The van der Waals surface area contributed by atoms with Crippen molar-refractivity contribution in [2.75, 3.05) is 88.3 Å². The van der Waals surface area contributed by atoms with E-state index in [1.165, 1.54) is 24.8 Å². The number of ether oxygens (including phenoxy) is 1. The number of nitrogens with one attached hydrogen (secondary N) is 1. The number of para-hydroxylation sites is 2. The van der Waals surface area contributed by atoms with Crippen molar-refractivity contribution in [3.8, 4) is 0 Å². The number of carbonyl (C=O) groups is 1. The first-order valence-electron chi connectivity index (χ1n) is 21.9. The van der Waals surface area contributed by atoms with Crippen molar-refractivity contribution in [3.05, 3.63) is 57.6 Å². The van der Waals surface area contributed by atoms with Gasteiger partial charge in [-0.3, -0.25) is 9.80 Å². The quantitative estimate of drug-likeness (QED) is 0.291. The van der Waals surface area contributed by atoms with Gasteiger partial charge >= 0.3 is 6.09 Å². The van der Waals surface area contributed by atoms with Crippen molar-refractivity contribution in [3.63, 3.8) is 0 Å². The van der Waals surface area contributed by atoms with Crippen LogP contribution in [-0.4, -0.2) is 117 Å². The fourth-order valence-electron chi connectivity index (χ4n) is 10.3. The minimum Gasteiger partial charge on any atom is -0.444 e. The van der Waals surface area contributed by atoms with Gasteiger partial charge in [0.15, 0.2) is 0 Å². The SMILES string of the molecule is CC(C)(C)OC(=O)N1CCC2(CCN(Cc3cccc(Cl)c3N3CCC(F)(F)CC3)C2)CC1.FC1(F)CCN(c2c(Cl)cccc2CN2CCC3(CCNCC3)C2)CC1. The van der Waals surface area contributed by atoms with Gasteiger partial charge in [-0.05, 0) is 120 Å². The van der Waals surface area contributed by atoms with Gasteiger partial charge in [0.2, 0.25) is 0 Å². The Morgan fingerprint density at radius 1 is 0.627 bits per heavy atom. The minimum atomic E-state index is -2.58. The standard InChI is InChI=1S/C25H36ClF2N3O2.C20H28ClF2N3/c1-23(2,3)33-22(32)31-13-8-24(9-14-31)7-12-29(18-24)17-19-5-4-6-20(26)21(19)30-15-10-25(27,28)11-16-30;21-17-3-1-2-16(18(17)26-12-7-20(22,23)8-13-26)14-25-11-6-19(15-25)4-9-24-10-5-19/h4-6H,7-18H2,1-3H3;1-3,24H,4-15H2. The summed E-state index contributed by atoms with van der Waals surface area (Å²) in [4.78, 5) is 23.3. The molecule has 2 spiro atoms. The minimum absolute atomic E-state index is 0.0858. The number of likely N-dealkylation sites (tertiary alicyclic amines) is 3. The lowest BCUT2D eigenvalue weighted by Gasteiger charge is -2.40. The second-order valence-electron chi connectivity index (χ2n) is 19.3. The number of carbonyl (C=O) groups excluding carboxylic acids is 1. The van der Waals surface area contributed by atoms with Crippen LogP contribution < -0.4 is 15.1 Å². The number of piperidine rings is 4. The molecule has 6 aliphatic rings. The summed E-state index contributed by atoms with van der Waals surface area (Å²) >= 11 is 13.1. The first kappa shape index (κ1) is 44.5. The molecule has 0 bridgehead atoms. The summed E-state index contributed by atoms with van der Waals surface area (Å²) in [5.41, 5.74) is 4.38. The summed E-state index contributed by atoms with van der Waals surface area (Å²) in [7, 11) is 0. The molecule has 1 N–H and O–H groups in total. The van der Waals surface area contributed by atoms with Crippen LogP contribution in [0.25, 0.3) is 0 Å². The molecule has 0 aliphatic carbocycles. The van der Waals surface area contributed by atoms with E-state index in [0.29, 0.717) is 41.6 Å². The van der Waals surface area contributed by atoms with Gasteiger partial charge in [-0.15, -0.1) is 0 Å². The average molecular weight is 868 g/mol. The van der Waals surface area contributed by atoms with Crippen LogP contribution in [0.5, 0.6) is 0 Å². The van der Waals surface area contributed by atoms with Crippen LogP contribution in [0.3, 0.4) is 0 Å². The lowest BCUT2D eigenvalue weighted by molar-refractivity contribution is -0.0227. The molecule has 328 valence electrons. The van der Waals surface area contributed by atoms with E-state index in [-0.39, 0.29) is 37.2 Å². The highest BCUT2D eigenvalue weighted by Crippen LogP contribution is 2.44. The van der Waals surface area contributed by atoms with Crippen molar-refractivity contribution < 1.29 is 27.1 Å². The number of anilines is 2. The molecule has 0 atom stereocenters. The topological polar surface area (TPSA) is 54.5 Å². The Hall–Kier alpha value is -2.51. The third-order valence-electron chi connectivity index (χ3n) is 13.7. The van der Waals surface area contributed by atoms with Gasteiger partial charge in [-0.1, -0.05) is 47.5 Å². The monoisotopic (exact) mass is 866 g/mol. The van der Waals surface area contributed by atoms with E-state index in [9.17, 15) is 22.4 Å². The van der Waals surface area contributed by atoms with Crippen molar-refractivity contribution in [1.29, 1.82) is 0 Å². The number of benzene rings is 2. The van der Waals surface area contributed by atoms with Crippen molar-refractivity contribution in [2.24, 2.45) is 10.8 Å². The largest absolute Gasteiger partial charge is 0.444 e. The highest BCUT2D eigenvalue weighted by atomic mass is 35.5. The number of alkyl halides is 4. The molecular formula is C45H64Cl2F4N6O2. The Kier molecular flexibility index (Phi) is 13.6. The molecule has 14 heteroatoms. The van der Waals surface area contributed by atoms with E-state index >= 15 is 0 Å². The molecule has 2 aromatic rings. The highest BCUT2D eigenvalue weighted by Gasteiger charge is 2.43. The Balaban J connectivity index is 0.000000184. The molecule has 0 radical (unpaired) electrons. The normalized spacial score (nSPS) is 24.3. The van der Waals surface area contributed by atoms with E-state index in [4.69, 9.17) is 27.9 Å². The van der Waals surface area contributed by atoms with Gasteiger partial charge in [0, 0.05) is 91.1 Å². The maximum absolute atomic E-state index is 13.7. The Bertz CT molecular complexity index is 1740. The lowest BCUT2D eigenvalue weighted by Crippen LogP contribution is -2.46. The molecule has 0 aromatic heterocycles. The fourth-order valence-corrected chi connectivity index (χ4v) is 10.9. The number of nitrogens with zero attached hydrogens (tertiary/aromatic N) is 5. The average Bonchev–Trinajstić information content (AvgIpc) is 3.75. The number of rotatable bonds is 6. The smallest absolute Gasteiger partial charge is 0.410 e. The second-order valence-corrected chi connectivity index (χ2v) is 20.1. The van der Waals surface area contributed by atoms with E-state index in [0.717, 1.165) is 102 Å². The molecule has 6 heterocycles. The molecule has 8 rings (SSSR count). The molecule has 2 aromatic carbocycles. The molecule has 6 fully saturated rings. The predicted octanol–water partition coefficient (Wildman–Crippen LogP) is 9.95. The van der Waals surface area contributed by atoms with Crippen molar-refractivity contribution in [2.45, 2.75) is 116 Å². The van der Waals surface area contributed by atoms with Crippen molar-refractivity contribution in [1.82, 2.24) is 20.0 Å². The Labute approximate surface area is 358 Å². The van der Waals surface area contributed by atoms with Gasteiger partial charge in [0.25, 0.3) is 11.8 Å². The maximum atomic E-state index is 13.7. The number of halogens is 6. The Morgan fingerprint density at radius 3 is 1.46 bits per heavy atom. The number of hydrogen-bond acceptors (Lipinski definition) is 7. The summed E-state index contributed by atoms with van der Waals surface area (Å²) in [5, 5.41) is 4.78. The summed E-state index contributed by atoms with van der Waals surface area (Å²) in [6.45, 7) is 16.6. The molecule has 1 amide bonds. The lowest BCUT2D eigenvalue weighted by atomic mass is 9.78. The first-order chi connectivity index (χ1) is 27.9. The summed E-state index contributed by atoms with van der Waals surface area (Å²) in [5.74, 6) is -5.11. The molecule has 6 saturated heterocycles. The zero-order chi connectivity index (χ0) is 42.1. The Morgan fingerprint density at radius 2 is 1.03 bits per heavy atom. The molecule has 0 unspecified atom stereocenters. The van der Waals surface area contributed by atoms with E-state index in [1.54, 1.807) is 0 Å². The van der Waals surface area contributed by atoms with Crippen LogP contribution in [-0.2, 0) is 17.8 Å². The molecular weight excluding hydrogens is 803 g/mol. The van der Waals surface area contributed by atoms with Gasteiger partial charge in [0.05, 0.1) is 21.4 Å². The van der Waals surface area contributed by atoms with Crippen LogP contribution >= 0.6 is 23.2 Å². The zero-order valence-electron chi connectivity index (χ0n) is 35.3. The number of amides is 1. The van der Waals surface area contributed by atoms with Crippen LogP contribution in [0, 0.1) is 10.8 Å². The molecule has 59 heavy (non-hydrogen) atoms. The van der Waals surface area contributed by atoms with Crippen LogP contribution in [0.2, 0.25) is 10.0 Å². The van der Waals surface area contributed by atoms with E-state index in [1.807, 2.05) is 54.8 Å². The fraction of sp³-hybridized carbons (Fsp3) is 0.711. The van der Waals surface area contributed by atoms with Gasteiger partial charge < -0.3 is 24.8 Å². The van der Waals surface area contributed by atoms with Crippen LogP contribution in [0.15, 0.2) is 36.4 Å². The molecule has 6 aliphatic heterocycles. The molecule has 0 saturated carbocycles. The first-order valence-corrected chi connectivity index (χ1v) is 22.6. The van der Waals surface area contributed by atoms with E-state index in [2.05, 4.69) is 32.1 Å². The zero-order valence-corrected chi connectivity index (χ0v) is 36.8. The summed E-state index contributed by atoms with van der Waals surface area (Å²) in [6.07, 6.45) is 6.20. The highest BCUT2D eigenvalue weighted by molar-refractivity contribution is 6.33. The maximum Gasteiger partial charge on any atom is 0.410 e. The number of hydrogen-bond donors (Lipinski definition) is 1. The second kappa shape index (κ2) is 18.1. The van der Waals surface area contributed by atoms with E-state index < -0.39 is 17.4 Å². The summed E-state index contributed by atoms with van der Waals surface area (Å²) in [6, 6.07) is 11.9. The third kappa shape index (κ3) is 11.3. The molecule has 8 nitrogen and oxygen atoms in total. The predicted molar refractivity (Wildman–Crippen MR) is 229 cm³/mol. The van der Waals surface area contributed by atoms with Gasteiger partial charge in [-0.2, -0.15) is 0 Å². The van der Waals surface area contributed by atoms with Gasteiger partial charge in [-0.25, -0.2) is 22.4 Å². The van der Waals surface area contributed by atoms with Crippen molar-refractivity contribution >= 4 is 40.7 Å². The van der Waals surface area contributed by atoms with Gasteiger partial charge in [0.1, 0.15) is 5.60 Å². The van der Waals surface area contributed by atoms with Crippen LogP contribution in [0.4, 0.5) is 33.7 Å².